The first kappa shape index (κ1) is 15.1. The molecule has 0 fully saturated rings. The van der Waals surface area contributed by atoms with Crippen LogP contribution in [0.15, 0.2) is 42.5 Å². The van der Waals surface area contributed by atoms with Gasteiger partial charge in [-0.05, 0) is 47.2 Å². The minimum atomic E-state index is 0.583. The number of anilines is 1. The molecule has 0 saturated heterocycles. The number of benzene rings is 2. The van der Waals surface area contributed by atoms with Crippen LogP contribution in [0.3, 0.4) is 0 Å². The summed E-state index contributed by atoms with van der Waals surface area (Å²) in [6, 6.07) is 14.4. The lowest BCUT2D eigenvalue weighted by Gasteiger charge is -2.19. The molecule has 0 atom stereocenters. The Balaban J connectivity index is 1.66. The molecule has 0 saturated carbocycles. The molecule has 2 aliphatic rings. The van der Waals surface area contributed by atoms with Crippen LogP contribution in [0.5, 0.6) is 11.5 Å². The summed E-state index contributed by atoms with van der Waals surface area (Å²) in [5.41, 5.74) is 4.49. The van der Waals surface area contributed by atoms with Gasteiger partial charge in [0, 0.05) is 27.3 Å². The number of hydrogen-bond acceptors (Lipinski definition) is 4. The third kappa shape index (κ3) is 2.47. The van der Waals surface area contributed by atoms with E-state index in [1.807, 2.05) is 22.9 Å². The summed E-state index contributed by atoms with van der Waals surface area (Å²) < 4.78 is 14.5. The number of rotatable bonds is 2. The fourth-order valence-electron chi connectivity index (χ4n) is 3.39. The molecule has 0 spiro atoms. The summed E-state index contributed by atoms with van der Waals surface area (Å²) in [4.78, 5) is 0. The standard InChI is InChI=1S/C19H16IN3O2/c20-15-4-2-1-3-13(15)18-14-7-8-21-19(14)23(22-18)12-5-6-16-17(11-12)25-10-9-24-16/h1-6,11,21H,7-10H2. The largest absolute Gasteiger partial charge is 0.486 e. The van der Waals surface area contributed by atoms with Crippen LogP contribution in [-0.4, -0.2) is 29.5 Å². The Hall–Kier alpha value is -2.22. The average Bonchev–Trinajstić information content (AvgIpc) is 3.25. The summed E-state index contributed by atoms with van der Waals surface area (Å²) in [5, 5.41) is 8.42. The van der Waals surface area contributed by atoms with E-state index in [4.69, 9.17) is 14.6 Å². The van der Waals surface area contributed by atoms with Crippen LogP contribution in [0.4, 0.5) is 5.82 Å². The quantitative estimate of drug-likeness (QED) is 0.609. The Morgan fingerprint density at radius 2 is 1.88 bits per heavy atom. The molecule has 0 unspecified atom stereocenters. The first-order valence-corrected chi connectivity index (χ1v) is 9.40. The molecule has 0 bridgehead atoms. The van der Waals surface area contributed by atoms with Gasteiger partial charge in [0.15, 0.2) is 11.5 Å². The van der Waals surface area contributed by atoms with Gasteiger partial charge in [-0.2, -0.15) is 5.10 Å². The highest BCUT2D eigenvalue weighted by atomic mass is 127. The first-order valence-electron chi connectivity index (χ1n) is 8.32. The molecule has 5 rings (SSSR count). The molecule has 3 heterocycles. The number of hydrogen-bond donors (Lipinski definition) is 1. The number of halogens is 1. The third-order valence-corrected chi connectivity index (χ3v) is 5.49. The second-order valence-electron chi connectivity index (χ2n) is 6.07. The third-order valence-electron chi connectivity index (χ3n) is 4.55. The number of ether oxygens (including phenoxy) is 2. The van der Waals surface area contributed by atoms with E-state index >= 15 is 0 Å². The van der Waals surface area contributed by atoms with Crippen molar-refractivity contribution >= 4 is 28.4 Å². The maximum Gasteiger partial charge on any atom is 0.163 e. The lowest BCUT2D eigenvalue weighted by atomic mass is 10.1. The van der Waals surface area contributed by atoms with E-state index in [1.54, 1.807) is 0 Å². The van der Waals surface area contributed by atoms with Crippen LogP contribution < -0.4 is 14.8 Å². The monoisotopic (exact) mass is 445 g/mol. The predicted octanol–water partition coefficient (Wildman–Crippen LogP) is 3.88. The topological polar surface area (TPSA) is 48.3 Å². The minimum Gasteiger partial charge on any atom is -0.486 e. The van der Waals surface area contributed by atoms with E-state index in [9.17, 15) is 0 Å². The summed E-state index contributed by atoms with van der Waals surface area (Å²) in [6.45, 7) is 2.12. The fraction of sp³-hybridized carbons (Fsp3) is 0.211. The van der Waals surface area contributed by atoms with Crippen LogP contribution in [0.2, 0.25) is 0 Å². The Bertz CT molecular complexity index is 967. The normalized spacial score (nSPS) is 14.9. The molecule has 3 aromatic rings. The number of aromatic nitrogens is 2. The van der Waals surface area contributed by atoms with Gasteiger partial charge in [-0.15, -0.1) is 0 Å². The van der Waals surface area contributed by atoms with Gasteiger partial charge >= 0.3 is 0 Å². The van der Waals surface area contributed by atoms with Crippen molar-refractivity contribution in [2.45, 2.75) is 6.42 Å². The molecular formula is C19H16IN3O2. The van der Waals surface area contributed by atoms with Gasteiger partial charge in [0.2, 0.25) is 0 Å². The zero-order valence-electron chi connectivity index (χ0n) is 13.5. The van der Waals surface area contributed by atoms with Crippen LogP contribution >= 0.6 is 22.6 Å². The van der Waals surface area contributed by atoms with E-state index in [-0.39, 0.29) is 0 Å². The number of nitrogens with one attached hydrogen (secondary N) is 1. The highest BCUT2D eigenvalue weighted by Gasteiger charge is 2.25. The van der Waals surface area contributed by atoms with Gasteiger partial charge in [-0.1, -0.05) is 18.2 Å². The van der Waals surface area contributed by atoms with Crippen LogP contribution in [0.25, 0.3) is 16.9 Å². The van der Waals surface area contributed by atoms with Crippen molar-refractivity contribution in [1.29, 1.82) is 0 Å². The van der Waals surface area contributed by atoms with Gasteiger partial charge in [0.25, 0.3) is 0 Å². The zero-order chi connectivity index (χ0) is 16.8. The highest BCUT2D eigenvalue weighted by molar-refractivity contribution is 14.1. The second kappa shape index (κ2) is 5.94. The van der Waals surface area contributed by atoms with Crippen molar-refractivity contribution in [1.82, 2.24) is 9.78 Å². The molecule has 1 aromatic heterocycles. The Morgan fingerprint density at radius 1 is 1.04 bits per heavy atom. The molecule has 6 heteroatoms. The van der Waals surface area contributed by atoms with Gasteiger partial charge in [-0.25, -0.2) is 4.68 Å². The summed E-state index contributed by atoms with van der Waals surface area (Å²) in [6.07, 6.45) is 0.986. The molecule has 0 radical (unpaired) electrons. The fourth-order valence-corrected chi connectivity index (χ4v) is 4.04. The van der Waals surface area contributed by atoms with Crippen LogP contribution in [0.1, 0.15) is 5.56 Å². The van der Waals surface area contributed by atoms with E-state index < -0.39 is 0 Å². The van der Waals surface area contributed by atoms with Crippen molar-refractivity contribution < 1.29 is 9.47 Å². The first-order chi connectivity index (χ1) is 12.3. The molecule has 0 amide bonds. The van der Waals surface area contributed by atoms with E-state index in [2.05, 4.69) is 52.2 Å². The minimum absolute atomic E-state index is 0.583. The molecule has 1 N–H and O–H groups in total. The Morgan fingerprint density at radius 3 is 2.76 bits per heavy atom. The smallest absolute Gasteiger partial charge is 0.163 e. The van der Waals surface area contributed by atoms with Gasteiger partial charge in [0.05, 0.1) is 11.4 Å². The average molecular weight is 445 g/mol. The van der Waals surface area contributed by atoms with E-state index in [1.165, 1.54) is 14.7 Å². The summed E-state index contributed by atoms with van der Waals surface area (Å²) in [7, 11) is 0. The maximum absolute atomic E-state index is 5.73. The van der Waals surface area contributed by atoms with Crippen LogP contribution in [0, 0.1) is 3.57 Å². The SMILES string of the molecule is Ic1ccccc1-c1nn(-c2ccc3c(c2)OCCO3)c2c1CCN2. The van der Waals surface area contributed by atoms with Crippen molar-refractivity contribution in [2.24, 2.45) is 0 Å². The molecular weight excluding hydrogens is 429 g/mol. The lowest BCUT2D eigenvalue weighted by molar-refractivity contribution is 0.171. The number of fused-ring (bicyclic) bond motifs is 2. The summed E-state index contributed by atoms with van der Waals surface area (Å²) >= 11 is 2.37. The summed E-state index contributed by atoms with van der Waals surface area (Å²) in [5.74, 6) is 2.65. The zero-order valence-corrected chi connectivity index (χ0v) is 15.6. The van der Waals surface area contributed by atoms with E-state index in [0.717, 1.165) is 41.7 Å². The molecule has 5 nitrogen and oxygen atoms in total. The lowest BCUT2D eigenvalue weighted by Crippen LogP contribution is -2.15. The molecule has 2 aromatic carbocycles. The van der Waals surface area contributed by atoms with Crippen LogP contribution in [-0.2, 0) is 6.42 Å². The molecule has 0 aliphatic carbocycles. The van der Waals surface area contributed by atoms with Crippen molar-refractivity contribution in [3.05, 3.63) is 51.6 Å². The maximum atomic E-state index is 5.73. The second-order valence-corrected chi connectivity index (χ2v) is 7.23. The molecule has 126 valence electrons. The van der Waals surface area contributed by atoms with Crippen molar-refractivity contribution in [3.63, 3.8) is 0 Å². The van der Waals surface area contributed by atoms with Gasteiger partial charge in [0.1, 0.15) is 19.0 Å². The van der Waals surface area contributed by atoms with E-state index in [0.29, 0.717) is 13.2 Å². The van der Waals surface area contributed by atoms with Crippen molar-refractivity contribution in [3.8, 4) is 28.4 Å². The molecule has 2 aliphatic heterocycles. The van der Waals surface area contributed by atoms with Gasteiger partial charge < -0.3 is 14.8 Å². The number of nitrogens with zero attached hydrogens (tertiary/aromatic N) is 2. The molecule has 25 heavy (non-hydrogen) atoms. The van der Waals surface area contributed by atoms with Gasteiger partial charge in [-0.3, -0.25) is 0 Å². The highest BCUT2D eigenvalue weighted by Crippen LogP contribution is 2.38. The predicted molar refractivity (Wildman–Crippen MR) is 105 cm³/mol. The van der Waals surface area contributed by atoms with Crippen molar-refractivity contribution in [2.75, 3.05) is 25.1 Å². The Kier molecular flexibility index (Phi) is 3.58. The Labute approximate surface area is 159 Å².